The molecule has 0 fully saturated rings. The SMILES string of the molecule is CC(O)C(=O)[O-].CC(O)C(=O)[O-].CC(O)C(=O)[O-].CCCCCCCCCCCCCCCCCC(=O)O.[Ca+2].[Na+]. The van der Waals surface area contributed by atoms with Gasteiger partial charge in [-0.2, -0.15) is 0 Å². The van der Waals surface area contributed by atoms with E-state index in [-0.39, 0.29) is 67.3 Å². The predicted molar refractivity (Wildman–Crippen MR) is 143 cm³/mol. The minimum Gasteiger partial charge on any atom is -0.547 e. The molecule has 0 aliphatic carbocycles. The molecule has 0 bridgehead atoms. The first kappa shape index (κ1) is 52.6. The number of hydrogen-bond acceptors (Lipinski definition) is 10. The Bertz CT molecular complexity index is 532. The molecule has 0 radical (unpaired) electrons. The normalized spacial score (nSPS) is 11.6. The van der Waals surface area contributed by atoms with Crippen LogP contribution in [0.15, 0.2) is 0 Å². The van der Waals surface area contributed by atoms with Crippen LogP contribution in [-0.4, -0.2) is 100 Å². The number of aliphatic carboxylic acids is 4. The third kappa shape index (κ3) is 61.9. The molecule has 11 nitrogen and oxygen atoms in total. The third-order valence-corrected chi connectivity index (χ3v) is 5.02. The first-order valence-corrected chi connectivity index (χ1v) is 13.6. The summed E-state index contributed by atoms with van der Waals surface area (Å²) in [6.45, 7) is 5.67. The molecule has 0 aromatic carbocycles. The van der Waals surface area contributed by atoms with Crippen LogP contribution in [0.5, 0.6) is 0 Å². The molecule has 0 heterocycles. The van der Waals surface area contributed by atoms with Crippen LogP contribution >= 0.6 is 0 Å². The zero-order valence-electron chi connectivity index (χ0n) is 25.4. The second-order valence-corrected chi connectivity index (χ2v) is 9.08. The number of rotatable bonds is 19. The Morgan fingerprint density at radius 1 is 0.525 bits per heavy atom. The summed E-state index contributed by atoms with van der Waals surface area (Å²) in [7, 11) is 0. The molecular formula is C27H51CaNaO11. The average molecular weight is 615 g/mol. The molecule has 4 N–H and O–H groups in total. The van der Waals surface area contributed by atoms with Crippen LogP contribution in [-0.2, 0) is 19.2 Å². The van der Waals surface area contributed by atoms with Crippen LogP contribution < -0.4 is 44.9 Å². The van der Waals surface area contributed by atoms with Gasteiger partial charge in [0.25, 0.3) is 0 Å². The first-order valence-electron chi connectivity index (χ1n) is 13.6. The van der Waals surface area contributed by atoms with Crippen molar-refractivity contribution in [2.45, 2.75) is 149 Å². The van der Waals surface area contributed by atoms with Crippen molar-refractivity contribution in [1.82, 2.24) is 0 Å². The van der Waals surface area contributed by atoms with Crippen molar-refractivity contribution in [2.75, 3.05) is 0 Å². The second-order valence-electron chi connectivity index (χ2n) is 9.08. The van der Waals surface area contributed by atoms with Crippen molar-refractivity contribution in [3.05, 3.63) is 0 Å². The summed E-state index contributed by atoms with van der Waals surface area (Å²) in [5, 5.41) is 60.4. The predicted octanol–water partition coefficient (Wildman–Crippen LogP) is -2.69. The first-order chi connectivity index (χ1) is 17.7. The van der Waals surface area contributed by atoms with E-state index in [0.29, 0.717) is 6.42 Å². The molecule has 0 amide bonds. The summed E-state index contributed by atoms with van der Waals surface area (Å²) >= 11 is 0. The van der Waals surface area contributed by atoms with E-state index in [1.54, 1.807) is 0 Å². The summed E-state index contributed by atoms with van der Waals surface area (Å²) in [5.74, 6) is -4.96. The molecule has 0 aliphatic heterocycles. The Kier molecular flexibility index (Phi) is 54.2. The molecule has 228 valence electrons. The zero-order valence-corrected chi connectivity index (χ0v) is 29.6. The van der Waals surface area contributed by atoms with Gasteiger partial charge in [-0.25, -0.2) is 0 Å². The Labute approximate surface area is 292 Å². The Balaban J connectivity index is -0.000000118. The molecule has 0 saturated carbocycles. The molecular weight excluding hydrogens is 563 g/mol. The van der Waals surface area contributed by atoms with Crippen molar-refractivity contribution in [3.63, 3.8) is 0 Å². The van der Waals surface area contributed by atoms with Crippen LogP contribution in [0.3, 0.4) is 0 Å². The molecule has 0 aromatic rings. The van der Waals surface area contributed by atoms with Crippen molar-refractivity contribution in [2.24, 2.45) is 0 Å². The Morgan fingerprint density at radius 3 is 0.850 bits per heavy atom. The smallest absolute Gasteiger partial charge is 0.547 e. The van der Waals surface area contributed by atoms with E-state index in [4.69, 9.17) is 20.4 Å². The fourth-order valence-electron chi connectivity index (χ4n) is 2.65. The van der Waals surface area contributed by atoms with Crippen LogP contribution in [0.1, 0.15) is 130 Å². The van der Waals surface area contributed by atoms with Gasteiger partial charge in [-0.1, -0.05) is 96.8 Å². The Hall–Kier alpha value is 0.0197. The molecule has 0 aliphatic rings. The second kappa shape index (κ2) is 41.2. The molecule has 0 aromatic heterocycles. The van der Waals surface area contributed by atoms with Gasteiger partial charge in [0.05, 0.1) is 36.2 Å². The number of aliphatic hydroxyl groups is 3. The summed E-state index contributed by atoms with van der Waals surface area (Å²) in [5.41, 5.74) is 0. The number of carboxylic acids is 4. The zero-order chi connectivity index (χ0) is 30.4. The minimum atomic E-state index is -1.44. The number of aliphatic hydroxyl groups excluding tert-OH is 3. The van der Waals surface area contributed by atoms with E-state index in [2.05, 4.69) is 6.92 Å². The minimum absolute atomic E-state index is 0. The van der Waals surface area contributed by atoms with Crippen LogP contribution in [0.4, 0.5) is 0 Å². The summed E-state index contributed by atoms with van der Waals surface area (Å²) in [4.78, 5) is 38.3. The summed E-state index contributed by atoms with van der Waals surface area (Å²) < 4.78 is 0. The third-order valence-electron chi connectivity index (χ3n) is 5.02. The fourth-order valence-corrected chi connectivity index (χ4v) is 2.65. The molecule has 13 heteroatoms. The topological polar surface area (TPSA) is 218 Å². The number of carboxylic acid groups (broad SMARTS) is 4. The van der Waals surface area contributed by atoms with Gasteiger partial charge >= 0.3 is 73.3 Å². The quantitative estimate of drug-likeness (QED) is 0.0867. The van der Waals surface area contributed by atoms with Crippen LogP contribution in [0, 0.1) is 0 Å². The number of hydrogen-bond donors (Lipinski definition) is 4. The molecule has 0 spiro atoms. The van der Waals surface area contributed by atoms with E-state index in [9.17, 15) is 34.5 Å². The van der Waals surface area contributed by atoms with E-state index < -0.39 is 42.2 Å². The van der Waals surface area contributed by atoms with Gasteiger partial charge in [-0.15, -0.1) is 0 Å². The van der Waals surface area contributed by atoms with Crippen LogP contribution in [0.25, 0.3) is 0 Å². The monoisotopic (exact) mass is 614 g/mol. The Morgan fingerprint density at radius 2 is 0.700 bits per heavy atom. The van der Waals surface area contributed by atoms with Gasteiger partial charge in [0.15, 0.2) is 0 Å². The standard InChI is InChI=1S/C18H36O2.3C3H6O3.Ca.Na/c1-2-3-4-5-6-7-8-9-10-11-12-13-14-15-16-17-18(19)20;3*1-2(4)3(5)6;;/h2-17H2,1H3,(H,19,20);3*2,4H,1H3,(H,5,6);;/q;;;;+2;+1/p-3. The van der Waals surface area contributed by atoms with Crippen molar-refractivity contribution in [1.29, 1.82) is 0 Å². The summed E-state index contributed by atoms with van der Waals surface area (Å²) in [6.07, 6.45) is 16.2. The van der Waals surface area contributed by atoms with Crippen molar-refractivity contribution < 1.29 is 84.5 Å². The maximum atomic E-state index is 10.3. The number of carbonyl (C=O) groups excluding carboxylic acids is 3. The number of carbonyl (C=O) groups is 4. The van der Waals surface area contributed by atoms with Crippen molar-refractivity contribution >= 4 is 61.6 Å². The van der Waals surface area contributed by atoms with E-state index in [1.165, 1.54) is 83.5 Å². The van der Waals surface area contributed by atoms with Crippen LogP contribution in [0.2, 0.25) is 0 Å². The van der Waals surface area contributed by atoms with E-state index >= 15 is 0 Å². The maximum Gasteiger partial charge on any atom is 2.00 e. The molecule has 3 atom stereocenters. The van der Waals surface area contributed by atoms with Gasteiger partial charge in [-0.3, -0.25) is 4.79 Å². The van der Waals surface area contributed by atoms with Gasteiger partial charge in [-0.05, 0) is 27.2 Å². The molecule has 3 unspecified atom stereocenters. The van der Waals surface area contributed by atoms with Crippen molar-refractivity contribution in [3.8, 4) is 0 Å². The van der Waals surface area contributed by atoms with Gasteiger partial charge < -0.3 is 50.1 Å². The maximum absolute atomic E-state index is 10.3. The number of unbranched alkanes of at least 4 members (excludes halogenated alkanes) is 14. The summed E-state index contributed by atoms with van der Waals surface area (Å²) in [6, 6.07) is 0. The van der Waals surface area contributed by atoms with Gasteiger partial charge in [0.1, 0.15) is 0 Å². The van der Waals surface area contributed by atoms with Gasteiger partial charge in [0, 0.05) is 6.42 Å². The molecule has 0 rings (SSSR count). The molecule has 0 saturated heterocycles. The largest absolute Gasteiger partial charge is 2.00 e. The van der Waals surface area contributed by atoms with E-state index in [1.807, 2.05) is 0 Å². The average Bonchev–Trinajstić information content (AvgIpc) is 2.82. The fraction of sp³-hybridized carbons (Fsp3) is 0.852. The van der Waals surface area contributed by atoms with E-state index in [0.717, 1.165) is 33.6 Å². The molecule has 40 heavy (non-hydrogen) atoms. The van der Waals surface area contributed by atoms with Gasteiger partial charge in [0.2, 0.25) is 0 Å².